The monoisotopic (exact) mass is 459 g/mol. The maximum Gasteiger partial charge on any atom is 0.251 e. The van der Waals surface area contributed by atoms with Gasteiger partial charge in [0.2, 0.25) is 0 Å². The molecule has 0 atom stereocenters. The maximum absolute atomic E-state index is 12.7. The van der Waals surface area contributed by atoms with Crippen molar-refractivity contribution in [2.75, 3.05) is 13.1 Å². The molecule has 0 bridgehead atoms. The Labute approximate surface area is 200 Å². The lowest BCUT2D eigenvalue weighted by Gasteiger charge is -2.11. The van der Waals surface area contributed by atoms with Crippen LogP contribution in [0.1, 0.15) is 39.9 Å². The van der Waals surface area contributed by atoms with Crippen molar-refractivity contribution in [3.8, 4) is 0 Å². The number of aromatic amines is 1. The van der Waals surface area contributed by atoms with Crippen LogP contribution >= 0.6 is 11.6 Å². The first-order chi connectivity index (χ1) is 16.2. The molecule has 5 heteroatoms. The van der Waals surface area contributed by atoms with Crippen LogP contribution in [0.3, 0.4) is 0 Å². The number of H-pyrrole nitrogens is 1. The number of aromatic nitrogens is 1. The van der Waals surface area contributed by atoms with Crippen molar-refractivity contribution in [1.29, 1.82) is 0 Å². The average molecular weight is 460 g/mol. The first kappa shape index (κ1) is 23.1. The normalized spacial score (nSPS) is 11.1. The summed E-state index contributed by atoms with van der Waals surface area (Å²) in [7, 11) is 0. The second-order valence-corrected chi connectivity index (χ2v) is 8.72. The molecule has 3 N–H and O–H groups in total. The maximum atomic E-state index is 12.7. The van der Waals surface area contributed by atoms with E-state index in [1.54, 1.807) is 0 Å². The highest BCUT2D eigenvalue weighted by Crippen LogP contribution is 2.22. The van der Waals surface area contributed by atoms with E-state index in [1.165, 1.54) is 11.1 Å². The smallest absolute Gasteiger partial charge is 0.251 e. The third-order valence-electron chi connectivity index (χ3n) is 5.90. The lowest BCUT2D eigenvalue weighted by molar-refractivity contribution is 0.0952. The van der Waals surface area contributed by atoms with Crippen molar-refractivity contribution >= 4 is 28.4 Å². The van der Waals surface area contributed by atoms with Gasteiger partial charge >= 0.3 is 0 Å². The largest absolute Gasteiger partial charge is 0.361 e. The number of hydrogen-bond acceptors (Lipinski definition) is 2. The number of hydrogen-bond donors (Lipinski definition) is 3. The Balaban J connectivity index is 1.23. The predicted molar refractivity (Wildman–Crippen MR) is 137 cm³/mol. The molecule has 1 amide bonds. The van der Waals surface area contributed by atoms with Crippen LogP contribution in [0.5, 0.6) is 0 Å². The van der Waals surface area contributed by atoms with Gasteiger partial charge in [0.1, 0.15) is 0 Å². The van der Waals surface area contributed by atoms with E-state index >= 15 is 0 Å². The second-order valence-electron chi connectivity index (χ2n) is 8.29. The molecule has 1 aromatic heterocycles. The summed E-state index contributed by atoms with van der Waals surface area (Å²) in [6.45, 7) is 2.16. The molecule has 4 aromatic rings. The average Bonchev–Trinajstić information content (AvgIpc) is 3.24. The van der Waals surface area contributed by atoms with E-state index in [0.29, 0.717) is 13.1 Å². The molecular weight excluding hydrogens is 430 g/mol. The van der Waals surface area contributed by atoms with Gasteiger partial charge < -0.3 is 15.6 Å². The van der Waals surface area contributed by atoms with E-state index in [-0.39, 0.29) is 5.91 Å². The zero-order valence-corrected chi connectivity index (χ0v) is 19.5. The van der Waals surface area contributed by atoms with E-state index in [4.69, 9.17) is 11.6 Å². The molecule has 0 fully saturated rings. The SMILES string of the molecule is O=C(NCCCCc1ccccc1)c1ccccc1CNCCc1c[nH]c2ccc(Cl)cc12. The summed E-state index contributed by atoms with van der Waals surface area (Å²) in [6, 6.07) is 24.2. The Morgan fingerprint density at radius 3 is 2.55 bits per heavy atom. The van der Waals surface area contributed by atoms with Crippen molar-refractivity contribution in [3.63, 3.8) is 0 Å². The van der Waals surface area contributed by atoms with Gasteiger partial charge in [0.15, 0.2) is 0 Å². The Kier molecular flexibility index (Phi) is 8.18. The van der Waals surface area contributed by atoms with E-state index in [0.717, 1.165) is 59.3 Å². The van der Waals surface area contributed by atoms with Gasteiger partial charge in [0, 0.05) is 40.8 Å². The summed E-state index contributed by atoms with van der Waals surface area (Å²) in [6.07, 6.45) is 6.00. The van der Waals surface area contributed by atoms with Gasteiger partial charge in [-0.2, -0.15) is 0 Å². The van der Waals surface area contributed by atoms with Crippen molar-refractivity contribution in [2.24, 2.45) is 0 Å². The summed E-state index contributed by atoms with van der Waals surface area (Å²) in [5, 5.41) is 8.47. The van der Waals surface area contributed by atoms with Crippen LogP contribution in [-0.2, 0) is 19.4 Å². The number of halogens is 1. The van der Waals surface area contributed by atoms with Crippen LogP contribution in [0.2, 0.25) is 5.02 Å². The Hall–Kier alpha value is -3.08. The summed E-state index contributed by atoms with van der Waals surface area (Å²) < 4.78 is 0. The van der Waals surface area contributed by atoms with Gasteiger partial charge in [-0.25, -0.2) is 0 Å². The third-order valence-corrected chi connectivity index (χ3v) is 6.13. The number of carbonyl (C=O) groups excluding carboxylic acids is 1. The molecule has 0 aliphatic carbocycles. The van der Waals surface area contributed by atoms with E-state index in [9.17, 15) is 4.79 Å². The molecule has 3 aromatic carbocycles. The lowest BCUT2D eigenvalue weighted by Crippen LogP contribution is -2.27. The number of unbranched alkanes of at least 4 members (excludes halogenated alkanes) is 1. The molecule has 0 radical (unpaired) electrons. The molecule has 0 saturated heterocycles. The fraction of sp³-hybridized carbons (Fsp3) is 0.250. The fourth-order valence-electron chi connectivity index (χ4n) is 4.10. The van der Waals surface area contributed by atoms with Crippen molar-refractivity contribution in [1.82, 2.24) is 15.6 Å². The van der Waals surface area contributed by atoms with Gasteiger partial charge in [0.05, 0.1) is 0 Å². The molecule has 0 spiro atoms. The molecule has 170 valence electrons. The highest BCUT2D eigenvalue weighted by molar-refractivity contribution is 6.31. The molecule has 0 aliphatic heterocycles. The van der Waals surface area contributed by atoms with Gasteiger partial charge in [0.25, 0.3) is 5.91 Å². The van der Waals surface area contributed by atoms with Crippen LogP contribution in [0.25, 0.3) is 10.9 Å². The third kappa shape index (κ3) is 6.47. The minimum absolute atomic E-state index is 0.00150. The van der Waals surface area contributed by atoms with Crippen LogP contribution in [-0.4, -0.2) is 24.0 Å². The van der Waals surface area contributed by atoms with Crippen LogP contribution in [0.4, 0.5) is 0 Å². The van der Waals surface area contributed by atoms with Crippen molar-refractivity contribution in [2.45, 2.75) is 32.2 Å². The minimum Gasteiger partial charge on any atom is -0.361 e. The van der Waals surface area contributed by atoms with Gasteiger partial charge in [-0.15, -0.1) is 0 Å². The highest BCUT2D eigenvalue weighted by Gasteiger charge is 2.10. The highest BCUT2D eigenvalue weighted by atomic mass is 35.5. The predicted octanol–water partition coefficient (Wildman–Crippen LogP) is 5.91. The molecule has 0 saturated carbocycles. The first-order valence-electron chi connectivity index (χ1n) is 11.6. The molecule has 4 nitrogen and oxygen atoms in total. The molecule has 1 heterocycles. The standard InChI is InChI=1S/C28H30ClN3O/c29-24-13-14-27-26(18-24)23(20-32-27)15-17-30-19-22-11-4-5-12-25(22)28(33)31-16-7-6-10-21-8-2-1-3-9-21/h1-5,8-9,11-14,18,20,30,32H,6-7,10,15-17,19H2,(H,31,33). The van der Waals surface area contributed by atoms with Gasteiger partial charge in [-0.05, 0) is 73.2 Å². The quantitative estimate of drug-likeness (QED) is 0.244. The zero-order chi connectivity index (χ0) is 22.9. The number of aryl methyl sites for hydroxylation is 1. The van der Waals surface area contributed by atoms with E-state index in [1.807, 2.05) is 54.7 Å². The fourth-order valence-corrected chi connectivity index (χ4v) is 4.27. The van der Waals surface area contributed by atoms with Crippen molar-refractivity contribution < 1.29 is 4.79 Å². The van der Waals surface area contributed by atoms with Crippen LogP contribution in [0.15, 0.2) is 79.0 Å². The number of amides is 1. The van der Waals surface area contributed by atoms with Gasteiger partial charge in [-0.1, -0.05) is 60.1 Å². The van der Waals surface area contributed by atoms with Crippen LogP contribution < -0.4 is 10.6 Å². The Morgan fingerprint density at radius 2 is 1.67 bits per heavy atom. The number of carbonyl (C=O) groups is 1. The van der Waals surface area contributed by atoms with E-state index in [2.05, 4.69) is 39.9 Å². The summed E-state index contributed by atoms with van der Waals surface area (Å²) >= 11 is 6.15. The number of nitrogens with one attached hydrogen (secondary N) is 3. The number of rotatable bonds is 11. The molecule has 0 aliphatic rings. The molecule has 0 unspecified atom stereocenters. The lowest BCUT2D eigenvalue weighted by atomic mass is 10.1. The van der Waals surface area contributed by atoms with E-state index < -0.39 is 0 Å². The summed E-state index contributed by atoms with van der Waals surface area (Å²) in [5.41, 5.74) is 5.44. The Morgan fingerprint density at radius 1 is 0.848 bits per heavy atom. The topological polar surface area (TPSA) is 56.9 Å². The number of fused-ring (bicyclic) bond motifs is 1. The minimum atomic E-state index is -0.00150. The second kappa shape index (κ2) is 11.7. The number of benzene rings is 3. The molecular formula is C28H30ClN3O. The summed E-state index contributed by atoms with van der Waals surface area (Å²) in [5.74, 6) is -0.00150. The van der Waals surface area contributed by atoms with Crippen LogP contribution in [0, 0.1) is 0 Å². The zero-order valence-electron chi connectivity index (χ0n) is 18.7. The van der Waals surface area contributed by atoms with Crippen molar-refractivity contribution in [3.05, 3.63) is 106 Å². The Bertz CT molecular complexity index is 1190. The first-order valence-corrected chi connectivity index (χ1v) is 11.9. The molecule has 33 heavy (non-hydrogen) atoms. The summed E-state index contributed by atoms with van der Waals surface area (Å²) in [4.78, 5) is 16.0. The molecule has 4 rings (SSSR count). The van der Waals surface area contributed by atoms with Gasteiger partial charge in [-0.3, -0.25) is 4.79 Å².